The minimum Gasteiger partial charge on any atom is -0.383 e. The maximum atomic E-state index is 6.09. The minimum absolute atomic E-state index is 0.121. The van der Waals surface area contributed by atoms with Crippen molar-refractivity contribution in [2.24, 2.45) is 10.7 Å². The number of guanidine groups is 1. The molecule has 0 amide bonds. The lowest BCUT2D eigenvalue weighted by Crippen LogP contribution is -2.41. The Labute approximate surface area is 170 Å². The largest absolute Gasteiger partial charge is 0.383 e. The van der Waals surface area contributed by atoms with Crippen LogP contribution in [0.3, 0.4) is 0 Å². The number of aliphatic imine (C=N–C) groups is 1. The molecule has 1 aliphatic heterocycles. The van der Waals surface area contributed by atoms with Gasteiger partial charge >= 0.3 is 0 Å². The number of benzene rings is 1. The Morgan fingerprint density at radius 3 is 2.89 bits per heavy atom. The van der Waals surface area contributed by atoms with Gasteiger partial charge in [-0.1, -0.05) is 23.7 Å². The molecular formula is C20H27ClN4OS. The van der Waals surface area contributed by atoms with Crippen LogP contribution >= 0.6 is 22.9 Å². The number of rotatable bonds is 7. The van der Waals surface area contributed by atoms with Gasteiger partial charge in [0.1, 0.15) is 0 Å². The van der Waals surface area contributed by atoms with Crippen LogP contribution in [0.2, 0.25) is 5.02 Å². The van der Waals surface area contributed by atoms with Crippen molar-refractivity contribution in [2.45, 2.75) is 32.0 Å². The number of thiophene rings is 1. The van der Waals surface area contributed by atoms with Gasteiger partial charge < -0.3 is 15.8 Å². The van der Waals surface area contributed by atoms with E-state index in [1.54, 1.807) is 7.11 Å². The highest BCUT2D eigenvalue weighted by molar-refractivity contribution is 7.10. The van der Waals surface area contributed by atoms with Crippen LogP contribution in [-0.2, 0) is 17.7 Å². The number of fused-ring (bicyclic) bond motifs is 1. The summed E-state index contributed by atoms with van der Waals surface area (Å²) < 4.78 is 5.14. The fraction of sp³-hybridized carbons (Fsp3) is 0.450. The van der Waals surface area contributed by atoms with Gasteiger partial charge in [-0.05, 0) is 48.1 Å². The molecule has 5 nitrogen and oxygen atoms in total. The molecule has 3 N–H and O–H groups in total. The molecule has 0 aliphatic carbocycles. The fourth-order valence-corrected chi connectivity index (χ4v) is 4.44. The smallest absolute Gasteiger partial charge is 0.188 e. The van der Waals surface area contributed by atoms with E-state index in [-0.39, 0.29) is 12.1 Å². The molecule has 2 unspecified atom stereocenters. The van der Waals surface area contributed by atoms with Gasteiger partial charge in [0.2, 0.25) is 0 Å². The molecular weight excluding hydrogens is 380 g/mol. The van der Waals surface area contributed by atoms with Gasteiger partial charge in [0.15, 0.2) is 5.96 Å². The molecule has 0 fully saturated rings. The lowest BCUT2D eigenvalue weighted by atomic mass is 10.0. The molecule has 0 spiro atoms. The van der Waals surface area contributed by atoms with Crippen molar-refractivity contribution >= 4 is 28.9 Å². The highest BCUT2D eigenvalue weighted by Gasteiger charge is 2.25. The van der Waals surface area contributed by atoms with Crippen molar-refractivity contribution in [3.63, 3.8) is 0 Å². The first kappa shape index (κ1) is 20.1. The van der Waals surface area contributed by atoms with Crippen LogP contribution in [0.1, 0.15) is 29.0 Å². The number of halogens is 1. The van der Waals surface area contributed by atoms with Crippen LogP contribution in [0.15, 0.2) is 40.7 Å². The summed E-state index contributed by atoms with van der Waals surface area (Å²) in [6.07, 6.45) is 1.08. The molecule has 2 heterocycles. The molecule has 0 saturated heterocycles. The quantitative estimate of drug-likeness (QED) is 0.546. The van der Waals surface area contributed by atoms with Gasteiger partial charge in [0.25, 0.3) is 0 Å². The van der Waals surface area contributed by atoms with Crippen LogP contribution in [0.25, 0.3) is 0 Å². The van der Waals surface area contributed by atoms with E-state index in [0.29, 0.717) is 19.1 Å². The van der Waals surface area contributed by atoms with Crippen molar-refractivity contribution in [2.75, 3.05) is 26.8 Å². The van der Waals surface area contributed by atoms with Gasteiger partial charge in [0.05, 0.1) is 19.2 Å². The Balaban J connectivity index is 1.75. The highest BCUT2D eigenvalue weighted by Crippen LogP contribution is 2.31. The second-order valence-electron chi connectivity index (χ2n) is 6.88. The summed E-state index contributed by atoms with van der Waals surface area (Å²) in [5.41, 5.74) is 8.72. The lowest BCUT2D eigenvalue weighted by molar-refractivity contribution is 0.178. The summed E-state index contributed by atoms with van der Waals surface area (Å²) in [6.45, 7) is 5.16. The number of nitrogens with two attached hydrogens (primary N) is 1. The van der Waals surface area contributed by atoms with E-state index in [1.165, 1.54) is 16.0 Å². The van der Waals surface area contributed by atoms with E-state index >= 15 is 0 Å². The van der Waals surface area contributed by atoms with Crippen LogP contribution in [0.5, 0.6) is 0 Å². The summed E-state index contributed by atoms with van der Waals surface area (Å²) >= 11 is 7.94. The lowest BCUT2D eigenvalue weighted by Gasteiger charge is -2.34. The Morgan fingerprint density at radius 2 is 2.15 bits per heavy atom. The average molecular weight is 407 g/mol. The summed E-state index contributed by atoms with van der Waals surface area (Å²) in [5.74, 6) is 0.451. The second-order valence-corrected chi connectivity index (χ2v) is 8.32. The number of nitrogens with zero attached hydrogens (tertiary/aromatic N) is 2. The predicted octanol–water partition coefficient (Wildman–Crippen LogP) is 3.44. The normalized spacial score (nSPS) is 17.4. The van der Waals surface area contributed by atoms with Crippen LogP contribution in [-0.4, -0.2) is 43.7 Å². The van der Waals surface area contributed by atoms with Crippen molar-refractivity contribution < 1.29 is 4.74 Å². The Morgan fingerprint density at radius 1 is 1.37 bits per heavy atom. The van der Waals surface area contributed by atoms with E-state index in [9.17, 15) is 0 Å². The zero-order valence-electron chi connectivity index (χ0n) is 15.8. The zero-order chi connectivity index (χ0) is 19.2. The third kappa shape index (κ3) is 5.45. The molecule has 2 atom stereocenters. The van der Waals surface area contributed by atoms with Gasteiger partial charge in [-0.2, -0.15) is 0 Å². The number of nitrogens with one attached hydrogen (secondary N) is 1. The first-order valence-electron chi connectivity index (χ1n) is 9.17. The van der Waals surface area contributed by atoms with Crippen LogP contribution in [0.4, 0.5) is 0 Å². The van der Waals surface area contributed by atoms with Crippen LogP contribution in [0, 0.1) is 0 Å². The number of hydrogen-bond acceptors (Lipinski definition) is 4. The molecule has 27 heavy (non-hydrogen) atoms. The minimum atomic E-state index is 0.121. The van der Waals surface area contributed by atoms with E-state index in [1.807, 2.05) is 30.4 Å². The van der Waals surface area contributed by atoms with Gasteiger partial charge in [-0.3, -0.25) is 9.89 Å². The van der Waals surface area contributed by atoms with Crippen LogP contribution < -0.4 is 11.1 Å². The highest BCUT2D eigenvalue weighted by atomic mass is 35.5. The predicted molar refractivity (Wildman–Crippen MR) is 114 cm³/mol. The van der Waals surface area contributed by atoms with E-state index < -0.39 is 0 Å². The monoisotopic (exact) mass is 406 g/mol. The Bertz CT molecular complexity index is 762. The van der Waals surface area contributed by atoms with E-state index in [4.69, 9.17) is 22.1 Å². The zero-order valence-corrected chi connectivity index (χ0v) is 17.4. The van der Waals surface area contributed by atoms with Gasteiger partial charge in [-0.25, -0.2) is 0 Å². The third-order valence-electron chi connectivity index (χ3n) is 4.78. The standard InChI is InChI=1S/C20H27ClN4OS/c1-14(13-26-2)24-20(22)23-11-18(15-3-5-17(21)6-4-15)25-9-7-19-16(12-25)8-10-27-19/h3-6,8,10,14,18H,7,9,11-13H2,1-2H3,(H3,22,23,24). The van der Waals surface area contributed by atoms with E-state index in [2.05, 4.69) is 38.8 Å². The molecule has 7 heteroatoms. The first-order valence-corrected chi connectivity index (χ1v) is 10.4. The maximum absolute atomic E-state index is 6.09. The Hall–Kier alpha value is -1.60. The van der Waals surface area contributed by atoms with E-state index in [0.717, 1.165) is 24.5 Å². The van der Waals surface area contributed by atoms with Gasteiger partial charge in [-0.15, -0.1) is 11.3 Å². The number of methoxy groups -OCH3 is 1. The van der Waals surface area contributed by atoms with Crippen molar-refractivity contribution in [1.82, 2.24) is 10.2 Å². The SMILES string of the molecule is COCC(C)NC(N)=NCC(c1ccc(Cl)cc1)N1CCc2sccc2C1. The molecule has 1 aliphatic rings. The number of ether oxygens (including phenoxy) is 1. The molecule has 146 valence electrons. The maximum Gasteiger partial charge on any atom is 0.188 e. The molecule has 3 rings (SSSR count). The fourth-order valence-electron chi connectivity index (χ4n) is 3.43. The number of hydrogen-bond donors (Lipinski definition) is 2. The third-order valence-corrected chi connectivity index (χ3v) is 6.05. The van der Waals surface area contributed by atoms with Crippen molar-refractivity contribution in [1.29, 1.82) is 0 Å². The average Bonchev–Trinajstić information content (AvgIpc) is 3.11. The molecule has 0 bridgehead atoms. The molecule has 0 radical (unpaired) electrons. The molecule has 0 saturated carbocycles. The Kier molecular flexibility index (Phi) is 7.13. The first-order chi connectivity index (χ1) is 13.1. The van der Waals surface area contributed by atoms with Gasteiger partial charge in [0, 0.05) is 36.1 Å². The molecule has 1 aromatic carbocycles. The summed E-state index contributed by atoms with van der Waals surface area (Å²) in [4.78, 5) is 8.60. The topological polar surface area (TPSA) is 62.9 Å². The molecule has 1 aromatic heterocycles. The van der Waals surface area contributed by atoms with Crippen molar-refractivity contribution in [3.8, 4) is 0 Å². The second kappa shape index (κ2) is 9.55. The molecule has 2 aromatic rings. The summed E-state index contributed by atoms with van der Waals surface area (Å²) in [5, 5.41) is 6.10. The summed E-state index contributed by atoms with van der Waals surface area (Å²) in [7, 11) is 1.68. The van der Waals surface area contributed by atoms with Crippen molar-refractivity contribution in [3.05, 3.63) is 56.7 Å². The summed E-state index contributed by atoms with van der Waals surface area (Å²) in [6, 6.07) is 10.6.